The molecule has 0 amide bonds. The molecule has 0 heterocycles. The summed E-state index contributed by atoms with van der Waals surface area (Å²) < 4.78 is 4.77. The van der Waals surface area contributed by atoms with Crippen molar-refractivity contribution in [3.05, 3.63) is 64.2 Å². The molecule has 0 radical (unpaired) electrons. The van der Waals surface area contributed by atoms with Crippen LogP contribution in [0.2, 0.25) is 5.02 Å². The molecule has 0 aliphatic heterocycles. The van der Waals surface area contributed by atoms with E-state index in [0.29, 0.717) is 22.2 Å². The number of thiocarbonyl (C=S) groups is 1. The van der Waals surface area contributed by atoms with Gasteiger partial charge in [0.1, 0.15) is 0 Å². The van der Waals surface area contributed by atoms with Gasteiger partial charge in [0, 0.05) is 17.3 Å². The molecule has 23 heavy (non-hydrogen) atoms. The minimum Gasteiger partial charge on any atom is -0.465 e. The van der Waals surface area contributed by atoms with Gasteiger partial charge in [0.05, 0.1) is 12.7 Å². The number of anilines is 1. The molecule has 0 aliphatic rings. The zero-order valence-corrected chi connectivity index (χ0v) is 14.4. The van der Waals surface area contributed by atoms with Gasteiger partial charge in [-0.2, -0.15) is 0 Å². The Morgan fingerprint density at radius 2 is 1.96 bits per heavy atom. The van der Waals surface area contributed by atoms with Crippen LogP contribution in [0.15, 0.2) is 42.5 Å². The summed E-state index contributed by atoms with van der Waals surface area (Å²) in [7, 11) is 1.36. The van der Waals surface area contributed by atoms with Gasteiger partial charge in [0.2, 0.25) is 0 Å². The van der Waals surface area contributed by atoms with Crippen LogP contribution >= 0.6 is 23.8 Å². The van der Waals surface area contributed by atoms with Crippen LogP contribution in [0, 0.1) is 6.92 Å². The van der Waals surface area contributed by atoms with E-state index in [0.717, 1.165) is 16.8 Å². The molecule has 0 atom stereocenters. The molecule has 0 unspecified atom stereocenters. The largest absolute Gasteiger partial charge is 0.465 e. The highest BCUT2D eigenvalue weighted by atomic mass is 35.5. The molecule has 0 spiro atoms. The topological polar surface area (TPSA) is 50.4 Å². The summed E-state index contributed by atoms with van der Waals surface area (Å²) in [5.74, 6) is -0.374. The predicted molar refractivity (Wildman–Crippen MR) is 97.0 cm³/mol. The van der Waals surface area contributed by atoms with Crippen LogP contribution in [-0.4, -0.2) is 18.2 Å². The highest BCUT2D eigenvalue weighted by Gasteiger charge is 2.12. The number of methoxy groups -OCH3 is 1. The second-order valence-corrected chi connectivity index (χ2v) is 5.68. The Morgan fingerprint density at radius 1 is 1.22 bits per heavy atom. The van der Waals surface area contributed by atoms with Gasteiger partial charge in [-0.3, -0.25) is 0 Å². The Balaban J connectivity index is 2.03. The third-order valence-corrected chi connectivity index (χ3v) is 4.00. The molecule has 0 aliphatic carbocycles. The molecule has 6 heteroatoms. The monoisotopic (exact) mass is 348 g/mol. The van der Waals surface area contributed by atoms with E-state index in [4.69, 9.17) is 28.6 Å². The van der Waals surface area contributed by atoms with E-state index in [2.05, 4.69) is 10.6 Å². The maximum Gasteiger partial charge on any atom is 0.338 e. The Bertz CT molecular complexity index is 734. The van der Waals surface area contributed by atoms with E-state index in [9.17, 15) is 4.79 Å². The summed E-state index contributed by atoms with van der Waals surface area (Å²) in [4.78, 5) is 11.7. The second kappa shape index (κ2) is 7.94. The highest BCUT2D eigenvalue weighted by Crippen LogP contribution is 2.20. The number of ether oxygens (including phenoxy) is 1. The molecule has 2 rings (SSSR count). The average Bonchev–Trinajstić information content (AvgIpc) is 2.55. The number of esters is 1. The highest BCUT2D eigenvalue weighted by molar-refractivity contribution is 7.80. The molecule has 4 nitrogen and oxygen atoms in total. The summed E-state index contributed by atoms with van der Waals surface area (Å²) in [5.41, 5.74) is 3.00. The molecule has 120 valence electrons. The van der Waals surface area contributed by atoms with Crippen LogP contribution in [0.1, 0.15) is 21.5 Å². The van der Waals surface area contributed by atoms with E-state index >= 15 is 0 Å². The third kappa shape index (κ3) is 4.43. The lowest BCUT2D eigenvalue weighted by Gasteiger charge is -2.14. The molecular weight excluding hydrogens is 332 g/mol. The van der Waals surface area contributed by atoms with Gasteiger partial charge in [-0.25, -0.2) is 4.79 Å². The summed E-state index contributed by atoms with van der Waals surface area (Å²) >= 11 is 11.4. The fourth-order valence-corrected chi connectivity index (χ4v) is 2.47. The molecule has 0 saturated heterocycles. The molecule has 0 bridgehead atoms. The Hall–Kier alpha value is -2.11. The lowest BCUT2D eigenvalue weighted by Crippen LogP contribution is -2.28. The number of nitrogens with one attached hydrogen (secondary N) is 2. The van der Waals surface area contributed by atoms with Gasteiger partial charge in [0.25, 0.3) is 0 Å². The molecule has 0 aromatic heterocycles. The van der Waals surface area contributed by atoms with Crippen molar-refractivity contribution in [3.63, 3.8) is 0 Å². The number of halogens is 1. The minimum atomic E-state index is -0.374. The summed E-state index contributed by atoms with van der Waals surface area (Å²) in [6.07, 6.45) is 0. The quantitative estimate of drug-likeness (QED) is 0.648. The average molecular weight is 349 g/mol. The van der Waals surface area contributed by atoms with Gasteiger partial charge in [-0.1, -0.05) is 35.9 Å². The fraction of sp³-hybridized carbons (Fsp3) is 0.176. The summed E-state index contributed by atoms with van der Waals surface area (Å²) in [5, 5.41) is 7.33. The number of carbonyl (C=O) groups excluding carboxylic acids is 1. The first-order valence-corrected chi connectivity index (χ1v) is 7.77. The van der Waals surface area contributed by atoms with Gasteiger partial charge in [-0.05, 0) is 48.5 Å². The smallest absolute Gasteiger partial charge is 0.338 e. The van der Waals surface area contributed by atoms with Crippen molar-refractivity contribution in [2.75, 3.05) is 12.4 Å². The minimum absolute atomic E-state index is 0.374. The Kier molecular flexibility index (Phi) is 5.96. The Morgan fingerprint density at radius 3 is 2.65 bits per heavy atom. The zero-order chi connectivity index (χ0) is 16.8. The van der Waals surface area contributed by atoms with Crippen molar-refractivity contribution >= 4 is 40.6 Å². The van der Waals surface area contributed by atoms with Crippen molar-refractivity contribution in [2.24, 2.45) is 0 Å². The van der Waals surface area contributed by atoms with Crippen molar-refractivity contribution in [3.8, 4) is 0 Å². The van der Waals surface area contributed by atoms with Crippen LogP contribution in [0.4, 0.5) is 5.69 Å². The number of rotatable bonds is 4. The number of carbonyl (C=O) groups is 1. The van der Waals surface area contributed by atoms with E-state index in [-0.39, 0.29) is 5.97 Å². The van der Waals surface area contributed by atoms with Gasteiger partial charge in [-0.15, -0.1) is 0 Å². The lowest BCUT2D eigenvalue weighted by atomic mass is 10.1. The van der Waals surface area contributed by atoms with Crippen molar-refractivity contribution in [1.29, 1.82) is 0 Å². The summed E-state index contributed by atoms with van der Waals surface area (Å²) in [6, 6.07) is 12.9. The maximum atomic E-state index is 11.7. The number of hydrogen-bond acceptors (Lipinski definition) is 3. The van der Waals surface area contributed by atoms with E-state index in [1.165, 1.54) is 7.11 Å². The zero-order valence-electron chi connectivity index (χ0n) is 12.9. The Labute approximate surface area is 145 Å². The van der Waals surface area contributed by atoms with E-state index < -0.39 is 0 Å². The third-order valence-electron chi connectivity index (χ3n) is 3.38. The van der Waals surface area contributed by atoms with Gasteiger partial charge >= 0.3 is 5.97 Å². The van der Waals surface area contributed by atoms with Crippen molar-refractivity contribution in [2.45, 2.75) is 13.5 Å². The van der Waals surface area contributed by atoms with Crippen molar-refractivity contribution < 1.29 is 9.53 Å². The first kappa shape index (κ1) is 17.2. The molecular formula is C17H17ClN2O2S. The molecule has 2 aromatic rings. The number of hydrogen-bond donors (Lipinski definition) is 2. The van der Waals surface area contributed by atoms with Crippen LogP contribution in [0.5, 0.6) is 0 Å². The van der Waals surface area contributed by atoms with Crippen LogP contribution in [0.25, 0.3) is 0 Å². The van der Waals surface area contributed by atoms with Gasteiger partial charge < -0.3 is 15.4 Å². The molecule has 2 N–H and O–H groups in total. The molecule has 2 aromatic carbocycles. The second-order valence-electron chi connectivity index (χ2n) is 4.87. The predicted octanol–water partition coefficient (Wildman–Crippen LogP) is 3.92. The molecule has 0 fully saturated rings. The standard InChI is InChI=1S/C17H17ClN2O2S/c1-11-13(16(21)22-2)7-5-9-15(11)20-17(23)19-10-12-6-3-4-8-14(12)18/h3-9H,10H2,1-2H3,(H2,19,20,23). The van der Waals surface area contributed by atoms with Crippen LogP contribution in [-0.2, 0) is 11.3 Å². The SMILES string of the molecule is COC(=O)c1cccc(NC(=S)NCc2ccccc2Cl)c1C. The fourth-order valence-electron chi connectivity index (χ4n) is 2.09. The maximum absolute atomic E-state index is 11.7. The van der Waals surface area contributed by atoms with Crippen LogP contribution < -0.4 is 10.6 Å². The molecule has 0 saturated carbocycles. The van der Waals surface area contributed by atoms with E-state index in [1.807, 2.05) is 37.3 Å². The van der Waals surface area contributed by atoms with Gasteiger partial charge in [0.15, 0.2) is 5.11 Å². The first-order valence-electron chi connectivity index (χ1n) is 6.99. The summed E-state index contributed by atoms with van der Waals surface area (Å²) in [6.45, 7) is 2.35. The van der Waals surface area contributed by atoms with Crippen LogP contribution in [0.3, 0.4) is 0 Å². The lowest BCUT2D eigenvalue weighted by molar-refractivity contribution is 0.0600. The normalized spacial score (nSPS) is 10.0. The van der Waals surface area contributed by atoms with Crippen molar-refractivity contribution in [1.82, 2.24) is 5.32 Å². The first-order chi connectivity index (χ1) is 11.0. The number of benzene rings is 2. The van der Waals surface area contributed by atoms with E-state index in [1.54, 1.807) is 12.1 Å².